The lowest BCUT2D eigenvalue weighted by atomic mass is 9.84. The number of aromatic nitrogens is 6. The highest BCUT2D eigenvalue weighted by molar-refractivity contribution is 6.32. The van der Waals surface area contributed by atoms with Crippen LogP contribution in [0, 0.1) is 0 Å². The first-order chi connectivity index (χ1) is 16.9. The van der Waals surface area contributed by atoms with E-state index in [4.69, 9.17) is 21.4 Å². The highest BCUT2D eigenvalue weighted by atomic mass is 35.5. The molecule has 2 saturated heterocycles. The monoisotopic (exact) mass is 499 g/mol. The van der Waals surface area contributed by atoms with Gasteiger partial charge in [0.2, 0.25) is 5.95 Å². The molecule has 12 heteroatoms. The van der Waals surface area contributed by atoms with E-state index in [1.54, 1.807) is 12.3 Å². The number of ether oxygens (including phenoxy) is 1. The van der Waals surface area contributed by atoms with Crippen LogP contribution in [-0.4, -0.2) is 77.6 Å². The number of hydrogen-bond acceptors (Lipinski definition) is 10. The van der Waals surface area contributed by atoms with Crippen molar-refractivity contribution in [2.24, 2.45) is 0 Å². The SMILES string of the molecule is CC1(C)C[C@H](Nc2nc(Nc3ccc(OCCO)c(-n4cnnn4)c3)ncc2Cl)C[C@H]2CCCN21. The topological polar surface area (TPSA) is 126 Å². The van der Waals surface area contributed by atoms with Crippen LogP contribution in [-0.2, 0) is 0 Å². The van der Waals surface area contributed by atoms with E-state index in [-0.39, 0.29) is 18.8 Å². The number of rotatable bonds is 8. The Balaban J connectivity index is 1.34. The van der Waals surface area contributed by atoms with Crippen molar-refractivity contribution in [1.29, 1.82) is 0 Å². The van der Waals surface area contributed by atoms with Crippen LogP contribution in [0.15, 0.2) is 30.7 Å². The summed E-state index contributed by atoms with van der Waals surface area (Å²) < 4.78 is 7.12. The molecule has 2 aromatic heterocycles. The number of hydrogen-bond donors (Lipinski definition) is 3. The zero-order valence-corrected chi connectivity index (χ0v) is 20.6. The van der Waals surface area contributed by atoms with Gasteiger partial charge in [-0.2, -0.15) is 9.67 Å². The summed E-state index contributed by atoms with van der Waals surface area (Å²) in [5.74, 6) is 1.58. The molecule has 5 rings (SSSR count). The zero-order valence-electron chi connectivity index (χ0n) is 19.9. The number of fused-ring (bicyclic) bond motifs is 1. The van der Waals surface area contributed by atoms with E-state index in [1.807, 2.05) is 12.1 Å². The molecule has 0 radical (unpaired) electrons. The maximum atomic E-state index is 9.12. The third-order valence-electron chi connectivity index (χ3n) is 6.70. The van der Waals surface area contributed by atoms with Crippen LogP contribution in [0.3, 0.4) is 0 Å². The third kappa shape index (κ3) is 5.16. The fourth-order valence-corrected chi connectivity index (χ4v) is 5.44. The zero-order chi connectivity index (χ0) is 24.4. The summed E-state index contributed by atoms with van der Waals surface area (Å²) in [4.78, 5) is 11.7. The van der Waals surface area contributed by atoms with Crippen molar-refractivity contribution in [2.45, 2.75) is 57.2 Å². The molecule has 2 fully saturated rings. The Morgan fingerprint density at radius 1 is 1.31 bits per heavy atom. The Bertz CT molecular complexity index is 1160. The second kappa shape index (κ2) is 9.92. The predicted molar refractivity (Wildman–Crippen MR) is 133 cm³/mol. The van der Waals surface area contributed by atoms with Crippen molar-refractivity contribution >= 4 is 29.1 Å². The lowest BCUT2D eigenvalue weighted by molar-refractivity contribution is 0.0501. The summed E-state index contributed by atoms with van der Waals surface area (Å²) >= 11 is 6.47. The standard InChI is InChI=1S/C23H30ClN9O2/c1-23(2)12-16(10-17-4-3-7-32(17)23)27-21-18(24)13-25-22(29-21)28-15-5-6-20(35-9-8-34)19(11-15)33-14-26-30-31-33/h5-6,11,13-14,16-17,34H,3-4,7-10,12H2,1-2H3,(H2,25,27,28,29)/t16-,17-/m1/s1. The molecule has 0 unspecified atom stereocenters. The number of nitrogens with one attached hydrogen (secondary N) is 2. The molecule has 0 saturated carbocycles. The molecule has 3 N–H and O–H groups in total. The van der Waals surface area contributed by atoms with E-state index in [2.05, 4.69) is 54.9 Å². The highest BCUT2D eigenvalue weighted by Crippen LogP contribution is 2.39. The summed E-state index contributed by atoms with van der Waals surface area (Å²) in [6.45, 7) is 5.89. The molecule has 0 aliphatic carbocycles. The minimum Gasteiger partial charge on any atom is -0.489 e. The van der Waals surface area contributed by atoms with Crippen LogP contribution in [0.25, 0.3) is 5.69 Å². The molecular weight excluding hydrogens is 470 g/mol. The van der Waals surface area contributed by atoms with E-state index in [1.165, 1.54) is 30.4 Å². The summed E-state index contributed by atoms with van der Waals surface area (Å²) in [5, 5.41) is 27.8. The predicted octanol–water partition coefficient (Wildman–Crippen LogP) is 3.04. The minimum atomic E-state index is -0.0968. The van der Waals surface area contributed by atoms with Gasteiger partial charge >= 0.3 is 0 Å². The minimum absolute atomic E-state index is 0.0968. The Labute approximate surface area is 208 Å². The Hall–Kier alpha value is -3.02. The van der Waals surface area contributed by atoms with E-state index in [0.29, 0.717) is 40.3 Å². The first-order valence-corrected chi connectivity index (χ1v) is 12.2. The van der Waals surface area contributed by atoms with Crippen molar-refractivity contribution in [3.8, 4) is 11.4 Å². The summed E-state index contributed by atoms with van der Waals surface area (Å²) in [6, 6.07) is 6.34. The molecule has 0 spiro atoms. The van der Waals surface area contributed by atoms with Gasteiger partial charge in [0.05, 0.1) is 12.8 Å². The second-order valence-corrected chi connectivity index (χ2v) is 10.0. The van der Waals surface area contributed by atoms with Crippen LogP contribution in [0.2, 0.25) is 5.02 Å². The molecule has 4 heterocycles. The van der Waals surface area contributed by atoms with Crippen LogP contribution < -0.4 is 15.4 Å². The van der Waals surface area contributed by atoms with Gasteiger partial charge in [0.15, 0.2) is 5.82 Å². The van der Waals surface area contributed by atoms with Crippen molar-refractivity contribution in [3.05, 3.63) is 35.7 Å². The van der Waals surface area contributed by atoms with E-state index in [9.17, 15) is 0 Å². The molecule has 0 amide bonds. The van der Waals surface area contributed by atoms with E-state index >= 15 is 0 Å². The Morgan fingerprint density at radius 3 is 3.00 bits per heavy atom. The van der Waals surface area contributed by atoms with Crippen molar-refractivity contribution < 1.29 is 9.84 Å². The number of aliphatic hydroxyl groups is 1. The molecule has 2 atom stereocenters. The average Bonchev–Trinajstić information content (AvgIpc) is 3.53. The molecule has 35 heavy (non-hydrogen) atoms. The maximum Gasteiger partial charge on any atom is 0.229 e. The van der Waals surface area contributed by atoms with Crippen LogP contribution in [0.1, 0.15) is 39.5 Å². The number of piperidine rings is 1. The molecule has 0 bridgehead atoms. The van der Waals surface area contributed by atoms with Gasteiger partial charge in [0.25, 0.3) is 0 Å². The van der Waals surface area contributed by atoms with E-state index < -0.39 is 0 Å². The molecule has 1 aromatic carbocycles. The van der Waals surface area contributed by atoms with Gasteiger partial charge in [-0.15, -0.1) is 5.10 Å². The van der Waals surface area contributed by atoms with Crippen molar-refractivity contribution in [1.82, 2.24) is 35.1 Å². The van der Waals surface area contributed by atoms with Gasteiger partial charge < -0.3 is 20.5 Å². The Morgan fingerprint density at radius 2 is 2.20 bits per heavy atom. The third-order valence-corrected chi connectivity index (χ3v) is 6.98. The molecule has 11 nitrogen and oxygen atoms in total. The fourth-order valence-electron chi connectivity index (χ4n) is 5.29. The maximum absolute atomic E-state index is 9.12. The van der Waals surface area contributed by atoms with Crippen LogP contribution in [0.5, 0.6) is 5.75 Å². The fraction of sp³-hybridized carbons (Fsp3) is 0.522. The summed E-state index contributed by atoms with van der Waals surface area (Å²) in [5.41, 5.74) is 1.48. The smallest absolute Gasteiger partial charge is 0.229 e. The first-order valence-electron chi connectivity index (χ1n) is 11.9. The number of halogens is 1. The van der Waals surface area contributed by atoms with Crippen molar-refractivity contribution in [2.75, 3.05) is 30.4 Å². The molecule has 2 aliphatic rings. The number of benzene rings is 1. The van der Waals surface area contributed by atoms with Gasteiger partial charge in [0.1, 0.15) is 29.4 Å². The number of nitrogens with zero attached hydrogens (tertiary/aromatic N) is 7. The van der Waals surface area contributed by atoms with Crippen molar-refractivity contribution in [3.63, 3.8) is 0 Å². The number of anilines is 3. The molecule has 3 aromatic rings. The summed E-state index contributed by atoms with van der Waals surface area (Å²) in [6.07, 6.45) is 7.69. The molecule has 186 valence electrons. The number of aliphatic hydroxyl groups excluding tert-OH is 1. The largest absolute Gasteiger partial charge is 0.489 e. The Kier molecular flexibility index (Phi) is 6.72. The van der Waals surface area contributed by atoms with Gasteiger partial charge in [-0.3, -0.25) is 4.90 Å². The van der Waals surface area contributed by atoms with E-state index in [0.717, 1.165) is 18.5 Å². The average molecular weight is 500 g/mol. The van der Waals surface area contributed by atoms with Gasteiger partial charge in [0, 0.05) is 23.3 Å². The summed E-state index contributed by atoms with van der Waals surface area (Å²) in [7, 11) is 0. The number of tetrazole rings is 1. The lowest BCUT2D eigenvalue weighted by Gasteiger charge is -2.47. The van der Waals surface area contributed by atoms with Crippen LogP contribution >= 0.6 is 11.6 Å². The quantitative estimate of drug-likeness (QED) is 0.425. The van der Waals surface area contributed by atoms with Gasteiger partial charge in [-0.1, -0.05) is 11.6 Å². The van der Waals surface area contributed by atoms with Crippen LogP contribution in [0.4, 0.5) is 17.5 Å². The lowest BCUT2D eigenvalue weighted by Crippen LogP contribution is -2.55. The first kappa shape index (κ1) is 23.7. The van der Waals surface area contributed by atoms with Gasteiger partial charge in [-0.25, -0.2) is 4.98 Å². The molecule has 2 aliphatic heterocycles. The van der Waals surface area contributed by atoms with Gasteiger partial charge in [-0.05, 0) is 74.7 Å². The highest BCUT2D eigenvalue weighted by Gasteiger charge is 2.43. The second-order valence-electron chi connectivity index (χ2n) is 9.61. The molecular formula is C23H30ClN9O2. The normalized spacial score (nSPS) is 21.5.